The molecule has 2 aliphatic carbocycles. The molecule has 3 atom stereocenters. The summed E-state index contributed by atoms with van der Waals surface area (Å²) in [5, 5.41) is 6.19. The van der Waals surface area contributed by atoms with Crippen LogP contribution in [-0.4, -0.2) is 24.4 Å². The maximum Gasteiger partial charge on any atom is 0.251 e. The Kier molecular flexibility index (Phi) is 4.15. The Morgan fingerprint density at radius 3 is 2.76 bits per heavy atom. The normalized spacial score (nSPS) is 26.6. The van der Waals surface area contributed by atoms with Gasteiger partial charge in [0.25, 0.3) is 5.91 Å². The molecule has 112 valence electrons. The zero-order chi connectivity index (χ0) is 14.8. The second kappa shape index (κ2) is 6.06. The maximum atomic E-state index is 11.9. The SMILES string of the molecule is O=C(CNC(=O)c1cccc(Cl)c1)N[C@@H]1C[C@@H]2CC[C@H]1C2. The summed E-state index contributed by atoms with van der Waals surface area (Å²) in [7, 11) is 0. The smallest absolute Gasteiger partial charge is 0.251 e. The molecular formula is C16H19ClN2O2. The van der Waals surface area contributed by atoms with E-state index in [9.17, 15) is 9.59 Å². The molecule has 2 saturated carbocycles. The van der Waals surface area contributed by atoms with Crippen LogP contribution in [0.2, 0.25) is 5.02 Å². The highest BCUT2D eigenvalue weighted by Gasteiger charge is 2.39. The third-order valence-electron chi connectivity index (χ3n) is 4.58. The molecule has 21 heavy (non-hydrogen) atoms. The van der Waals surface area contributed by atoms with E-state index in [0.717, 1.165) is 12.3 Å². The van der Waals surface area contributed by atoms with Crippen LogP contribution >= 0.6 is 11.6 Å². The van der Waals surface area contributed by atoms with Gasteiger partial charge in [0.05, 0.1) is 6.54 Å². The maximum absolute atomic E-state index is 11.9. The van der Waals surface area contributed by atoms with Gasteiger partial charge in [-0.3, -0.25) is 9.59 Å². The molecule has 2 amide bonds. The molecule has 1 aromatic rings. The highest BCUT2D eigenvalue weighted by molar-refractivity contribution is 6.30. The van der Waals surface area contributed by atoms with Gasteiger partial charge in [0.1, 0.15) is 0 Å². The standard InChI is InChI=1S/C16H19ClN2O2/c17-13-3-1-2-12(8-13)16(21)18-9-15(20)19-14-7-10-4-5-11(14)6-10/h1-3,8,10-11,14H,4-7,9H2,(H,18,21)(H,19,20)/t10-,11+,14-/m1/s1. The van der Waals surface area contributed by atoms with Crippen LogP contribution in [0.25, 0.3) is 0 Å². The molecule has 0 aromatic heterocycles. The average Bonchev–Trinajstić information content (AvgIpc) is 3.07. The van der Waals surface area contributed by atoms with E-state index in [0.29, 0.717) is 22.5 Å². The Morgan fingerprint density at radius 1 is 1.24 bits per heavy atom. The van der Waals surface area contributed by atoms with Crippen molar-refractivity contribution < 1.29 is 9.59 Å². The molecule has 0 spiro atoms. The van der Waals surface area contributed by atoms with E-state index in [-0.39, 0.29) is 18.4 Å². The minimum absolute atomic E-state index is 0.0131. The number of fused-ring (bicyclic) bond motifs is 2. The Balaban J connectivity index is 1.46. The van der Waals surface area contributed by atoms with Gasteiger partial charge in [-0.15, -0.1) is 0 Å². The summed E-state index contributed by atoms with van der Waals surface area (Å²) in [4.78, 5) is 23.8. The summed E-state index contributed by atoms with van der Waals surface area (Å²) in [6, 6.07) is 6.99. The van der Waals surface area contributed by atoms with Gasteiger partial charge in [-0.1, -0.05) is 24.1 Å². The van der Waals surface area contributed by atoms with Crippen LogP contribution in [0.3, 0.4) is 0 Å². The van der Waals surface area contributed by atoms with Crippen LogP contribution < -0.4 is 10.6 Å². The van der Waals surface area contributed by atoms with Crippen LogP contribution in [-0.2, 0) is 4.79 Å². The van der Waals surface area contributed by atoms with E-state index in [2.05, 4.69) is 10.6 Å². The molecule has 1 aromatic carbocycles. The molecule has 0 radical (unpaired) electrons. The van der Waals surface area contributed by atoms with Gasteiger partial charge in [-0.25, -0.2) is 0 Å². The number of halogens is 1. The number of carbonyl (C=O) groups is 2. The van der Waals surface area contributed by atoms with Crippen molar-refractivity contribution in [1.29, 1.82) is 0 Å². The summed E-state index contributed by atoms with van der Waals surface area (Å²) >= 11 is 5.84. The van der Waals surface area contributed by atoms with Crippen molar-refractivity contribution in [2.24, 2.45) is 11.8 Å². The monoisotopic (exact) mass is 306 g/mol. The summed E-state index contributed by atoms with van der Waals surface area (Å²) in [5.41, 5.74) is 0.468. The Bertz CT molecular complexity index is 561. The summed E-state index contributed by atoms with van der Waals surface area (Å²) in [5.74, 6) is 1.05. The lowest BCUT2D eigenvalue weighted by Crippen LogP contribution is -2.44. The van der Waals surface area contributed by atoms with E-state index in [1.165, 1.54) is 19.3 Å². The lowest BCUT2D eigenvalue weighted by Gasteiger charge is -2.22. The molecule has 0 saturated heterocycles. The molecule has 2 aliphatic rings. The summed E-state index contributed by atoms with van der Waals surface area (Å²) < 4.78 is 0. The summed E-state index contributed by atoms with van der Waals surface area (Å²) in [6.07, 6.45) is 4.88. The van der Waals surface area contributed by atoms with Gasteiger partial charge >= 0.3 is 0 Å². The lowest BCUT2D eigenvalue weighted by molar-refractivity contribution is -0.121. The van der Waals surface area contributed by atoms with E-state index < -0.39 is 0 Å². The second-order valence-corrected chi connectivity index (χ2v) is 6.48. The van der Waals surface area contributed by atoms with Crippen LogP contribution in [0.1, 0.15) is 36.0 Å². The van der Waals surface area contributed by atoms with E-state index in [4.69, 9.17) is 11.6 Å². The molecule has 2 bridgehead atoms. The first kappa shape index (κ1) is 14.4. The zero-order valence-electron chi connectivity index (χ0n) is 11.8. The molecule has 2 N–H and O–H groups in total. The van der Waals surface area contributed by atoms with Crippen LogP contribution in [0, 0.1) is 11.8 Å². The molecule has 0 heterocycles. The predicted octanol–water partition coefficient (Wildman–Crippen LogP) is 2.37. The van der Waals surface area contributed by atoms with Crippen molar-refractivity contribution >= 4 is 23.4 Å². The van der Waals surface area contributed by atoms with Gasteiger partial charge in [-0.2, -0.15) is 0 Å². The average molecular weight is 307 g/mol. The van der Waals surface area contributed by atoms with Gasteiger partial charge < -0.3 is 10.6 Å². The van der Waals surface area contributed by atoms with Gasteiger partial charge in [0.15, 0.2) is 0 Å². The third-order valence-corrected chi connectivity index (χ3v) is 4.82. The fourth-order valence-corrected chi connectivity index (χ4v) is 3.76. The molecule has 4 nitrogen and oxygen atoms in total. The number of hydrogen-bond donors (Lipinski definition) is 2. The second-order valence-electron chi connectivity index (χ2n) is 6.04. The molecule has 2 fully saturated rings. The Hall–Kier alpha value is -1.55. The van der Waals surface area contributed by atoms with Crippen molar-refractivity contribution in [2.75, 3.05) is 6.54 Å². The van der Waals surface area contributed by atoms with Crippen molar-refractivity contribution in [2.45, 2.75) is 31.7 Å². The van der Waals surface area contributed by atoms with E-state index in [1.54, 1.807) is 24.3 Å². The number of benzene rings is 1. The first-order valence-electron chi connectivity index (χ1n) is 7.45. The van der Waals surface area contributed by atoms with E-state index >= 15 is 0 Å². The van der Waals surface area contributed by atoms with Crippen LogP contribution in [0.4, 0.5) is 0 Å². The fraction of sp³-hybridized carbons (Fsp3) is 0.500. The first-order chi connectivity index (χ1) is 10.1. The third kappa shape index (κ3) is 3.38. The predicted molar refractivity (Wildman–Crippen MR) is 81.2 cm³/mol. The van der Waals surface area contributed by atoms with Crippen molar-refractivity contribution in [3.8, 4) is 0 Å². The van der Waals surface area contributed by atoms with Crippen molar-refractivity contribution in [3.05, 3.63) is 34.9 Å². The Labute approximate surface area is 129 Å². The number of carbonyl (C=O) groups excluding carboxylic acids is 2. The van der Waals surface area contributed by atoms with Crippen LogP contribution in [0.5, 0.6) is 0 Å². The molecule has 0 aliphatic heterocycles. The molecule has 0 unspecified atom stereocenters. The topological polar surface area (TPSA) is 58.2 Å². The van der Waals surface area contributed by atoms with Gasteiger partial charge in [0.2, 0.25) is 5.91 Å². The number of nitrogens with one attached hydrogen (secondary N) is 2. The first-order valence-corrected chi connectivity index (χ1v) is 7.83. The number of hydrogen-bond acceptors (Lipinski definition) is 2. The molecule has 5 heteroatoms. The molecule has 3 rings (SSSR count). The minimum atomic E-state index is -0.277. The van der Waals surface area contributed by atoms with Crippen LogP contribution in [0.15, 0.2) is 24.3 Å². The Morgan fingerprint density at radius 2 is 2.10 bits per heavy atom. The highest BCUT2D eigenvalue weighted by atomic mass is 35.5. The van der Waals surface area contributed by atoms with Crippen molar-refractivity contribution in [3.63, 3.8) is 0 Å². The minimum Gasteiger partial charge on any atom is -0.352 e. The summed E-state index contributed by atoms with van der Waals surface area (Å²) in [6.45, 7) is 0.0131. The number of rotatable bonds is 4. The fourth-order valence-electron chi connectivity index (χ4n) is 3.57. The zero-order valence-corrected chi connectivity index (χ0v) is 12.5. The quantitative estimate of drug-likeness (QED) is 0.897. The van der Waals surface area contributed by atoms with Gasteiger partial charge in [-0.05, 0) is 49.3 Å². The molecular weight excluding hydrogens is 288 g/mol. The highest BCUT2D eigenvalue weighted by Crippen LogP contribution is 2.44. The van der Waals surface area contributed by atoms with Crippen molar-refractivity contribution in [1.82, 2.24) is 10.6 Å². The largest absolute Gasteiger partial charge is 0.352 e. The van der Waals surface area contributed by atoms with E-state index in [1.807, 2.05) is 0 Å². The number of amides is 2. The lowest BCUT2D eigenvalue weighted by atomic mass is 9.95. The van der Waals surface area contributed by atoms with Gasteiger partial charge in [0, 0.05) is 16.6 Å².